The lowest BCUT2D eigenvalue weighted by Crippen LogP contribution is -2.29. The summed E-state index contributed by atoms with van der Waals surface area (Å²) in [6, 6.07) is 9.53. The van der Waals surface area contributed by atoms with Crippen LogP contribution in [0.25, 0.3) is 5.70 Å². The lowest BCUT2D eigenvalue weighted by molar-refractivity contribution is 0.185. The molecule has 0 amide bonds. The lowest BCUT2D eigenvalue weighted by atomic mass is 10.1. The fourth-order valence-corrected chi connectivity index (χ4v) is 1.39. The van der Waals surface area contributed by atoms with Crippen LogP contribution in [-0.4, -0.2) is 23.2 Å². The van der Waals surface area contributed by atoms with Crippen molar-refractivity contribution in [1.82, 2.24) is 4.90 Å². The largest absolute Gasteiger partial charge is 0.493 e. The lowest BCUT2D eigenvalue weighted by Gasteiger charge is -2.26. The number of aliphatic hydroxyl groups excluding tert-OH is 1. The number of nitrogens with zero attached hydrogens (tertiary/aromatic N) is 3. The summed E-state index contributed by atoms with van der Waals surface area (Å²) in [5.41, 5.74) is 1.40. The second-order valence-electron chi connectivity index (χ2n) is 3.50. The summed E-state index contributed by atoms with van der Waals surface area (Å²) in [6.45, 7) is 1.88. The Morgan fingerprint density at radius 3 is 2.60 bits per heavy atom. The number of aliphatic hydroxyl groups is 1. The molecule has 0 aliphatic carbocycles. The first kappa shape index (κ1) is 9.71. The second kappa shape index (κ2) is 3.73. The zero-order valence-electron chi connectivity index (χ0n) is 8.75. The Kier molecular flexibility index (Phi) is 2.41. The van der Waals surface area contributed by atoms with Crippen LogP contribution in [0.2, 0.25) is 0 Å². The third-order valence-electron chi connectivity index (χ3n) is 2.48. The molecule has 1 aromatic rings. The van der Waals surface area contributed by atoms with E-state index in [-0.39, 0.29) is 12.0 Å². The number of azo groups is 1. The number of hydrogen-bond acceptors (Lipinski definition) is 4. The van der Waals surface area contributed by atoms with Crippen LogP contribution in [0.1, 0.15) is 12.5 Å². The van der Waals surface area contributed by atoms with E-state index in [1.807, 2.05) is 37.3 Å². The fraction of sp³-hybridized carbons (Fsp3) is 0.273. The van der Waals surface area contributed by atoms with E-state index in [1.54, 1.807) is 11.9 Å². The molecule has 0 spiro atoms. The average Bonchev–Trinajstić information content (AvgIpc) is 2.27. The normalized spacial score (nSPS) is 20.9. The van der Waals surface area contributed by atoms with Gasteiger partial charge in [-0.25, -0.2) is 0 Å². The highest BCUT2D eigenvalue weighted by atomic mass is 16.3. The van der Waals surface area contributed by atoms with Gasteiger partial charge in [0.05, 0.1) is 0 Å². The van der Waals surface area contributed by atoms with Crippen LogP contribution in [0, 0.1) is 0 Å². The van der Waals surface area contributed by atoms with Crippen molar-refractivity contribution >= 4 is 5.70 Å². The monoisotopic (exact) mass is 203 g/mol. The summed E-state index contributed by atoms with van der Waals surface area (Å²) in [6.07, 6.45) is -0.113. The Hall–Kier alpha value is -1.84. The van der Waals surface area contributed by atoms with Gasteiger partial charge in [-0.3, -0.25) is 0 Å². The van der Waals surface area contributed by atoms with Crippen molar-refractivity contribution in [2.45, 2.75) is 13.1 Å². The van der Waals surface area contributed by atoms with Crippen LogP contribution < -0.4 is 0 Å². The van der Waals surface area contributed by atoms with E-state index in [2.05, 4.69) is 10.2 Å². The first-order valence-corrected chi connectivity index (χ1v) is 4.82. The number of rotatable bonds is 1. The molecule has 0 saturated carbocycles. The van der Waals surface area contributed by atoms with Gasteiger partial charge in [-0.2, -0.15) is 5.11 Å². The maximum Gasteiger partial charge on any atom is 0.217 e. The summed E-state index contributed by atoms with van der Waals surface area (Å²) in [4.78, 5) is 1.69. The van der Waals surface area contributed by atoms with Gasteiger partial charge in [0.1, 0.15) is 6.17 Å². The van der Waals surface area contributed by atoms with E-state index in [9.17, 15) is 5.11 Å². The zero-order valence-corrected chi connectivity index (χ0v) is 8.75. The highest BCUT2D eigenvalue weighted by molar-refractivity contribution is 5.65. The Labute approximate surface area is 88.6 Å². The molecular formula is C11H13N3O. The van der Waals surface area contributed by atoms with Crippen molar-refractivity contribution in [1.29, 1.82) is 0 Å². The van der Waals surface area contributed by atoms with Crippen LogP contribution in [0.4, 0.5) is 0 Å². The molecule has 1 heterocycles. The van der Waals surface area contributed by atoms with Gasteiger partial charge < -0.3 is 10.0 Å². The maximum absolute atomic E-state index is 9.91. The Morgan fingerprint density at radius 1 is 1.27 bits per heavy atom. The van der Waals surface area contributed by atoms with Crippen LogP contribution in [0.5, 0.6) is 0 Å². The van der Waals surface area contributed by atoms with Gasteiger partial charge in [0.25, 0.3) is 0 Å². The Balaban J connectivity index is 2.43. The molecule has 15 heavy (non-hydrogen) atoms. The number of hydrogen-bond donors (Lipinski definition) is 1. The molecule has 4 nitrogen and oxygen atoms in total. The predicted octanol–water partition coefficient (Wildman–Crippen LogP) is 2.61. The molecule has 1 aromatic carbocycles. The summed E-state index contributed by atoms with van der Waals surface area (Å²) in [5.74, 6) is 0.170. The smallest absolute Gasteiger partial charge is 0.217 e. The maximum atomic E-state index is 9.91. The van der Waals surface area contributed by atoms with Crippen molar-refractivity contribution in [3.63, 3.8) is 0 Å². The molecule has 1 unspecified atom stereocenters. The minimum absolute atomic E-state index is 0.113. The van der Waals surface area contributed by atoms with Crippen LogP contribution in [-0.2, 0) is 0 Å². The fourth-order valence-electron chi connectivity index (χ4n) is 1.39. The standard InChI is InChI=1S/C11H13N3O/c1-8-12-13-10(11(15)14(8)2)9-6-4-3-5-7-9/h3-8,15H,1-2H3. The van der Waals surface area contributed by atoms with Gasteiger partial charge in [-0.15, -0.1) is 5.11 Å². The topological polar surface area (TPSA) is 48.2 Å². The zero-order chi connectivity index (χ0) is 10.8. The van der Waals surface area contributed by atoms with Crippen molar-refractivity contribution in [2.24, 2.45) is 10.2 Å². The molecule has 4 heteroatoms. The SMILES string of the molecule is CC1N=NC(c2ccccc2)=C(O)N1C. The van der Waals surface area contributed by atoms with Crippen molar-refractivity contribution in [3.05, 3.63) is 41.8 Å². The molecule has 0 fully saturated rings. The summed E-state index contributed by atoms with van der Waals surface area (Å²) in [7, 11) is 1.79. The summed E-state index contributed by atoms with van der Waals surface area (Å²) < 4.78 is 0. The molecule has 0 saturated heterocycles. The molecule has 2 rings (SSSR count). The minimum Gasteiger partial charge on any atom is -0.493 e. The van der Waals surface area contributed by atoms with E-state index >= 15 is 0 Å². The predicted molar refractivity (Wildman–Crippen MR) is 58.1 cm³/mol. The van der Waals surface area contributed by atoms with Crippen LogP contribution >= 0.6 is 0 Å². The van der Waals surface area contributed by atoms with Gasteiger partial charge in [0, 0.05) is 12.6 Å². The molecule has 0 radical (unpaired) electrons. The molecule has 1 aliphatic rings. The third kappa shape index (κ3) is 1.70. The van der Waals surface area contributed by atoms with Gasteiger partial charge in [0.2, 0.25) is 5.88 Å². The molecule has 78 valence electrons. The summed E-state index contributed by atoms with van der Waals surface area (Å²) in [5, 5.41) is 18.0. The van der Waals surface area contributed by atoms with Crippen LogP contribution in [0.3, 0.4) is 0 Å². The van der Waals surface area contributed by atoms with E-state index in [0.717, 1.165) is 5.56 Å². The Morgan fingerprint density at radius 2 is 1.93 bits per heavy atom. The van der Waals surface area contributed by atoms with Crippen LogP contribution in [0.15, 0.2) is 46.4 Å². The molecule has 0 aromatic heterocycles. The highest BCUT2D eigenvalue weighted by Gasteiger charge is 2.20. The summed E-state index contributed by atoms with van der Waals surface area (Å²) >= 11 is 0. The van der Waals surface area contributed by atoms with Gasteiger partial charge in [-0.05, 0) is 6.92 Å². The van der Waals surface area contributed by atoms with E-state index in [1.165, 1.54) is 0 Å². The van der Waals surface area contributed by atoms with E-state index < -0.39 is 0 Å². The number of benzene rings is 1. The molecule has 0 bridgehead atoms. The van der Waals surface area contributed by atoms with E-state index in [0.29, 0.717) is 5.70 Å². The molecule has 1 aliphatic heterocycles. The second-order valence-corrected chi connectivity index (χ2v) is 3.50. The first-order chi connectivity index (χ1) is 7.20. The van der Waals surface area contributed by atoms with Gasteiger partial charge in [0.15, 0.2) is 5.70 Å². The average molecular weight is 203 g/mol. The molecule has 1 atom stereocenters. The quantitative estimate of drug-likeness (QED) is 0.762. The van der Waals surface area contributed by atoms with Gasteiger partial charge >= 0.3 is 0 Å². The van der Waals surface area contributed by atoms with Crippen molar-refractivity contribution in [2.75, 3.05) is 7.05 Å². The van der Waals surface area contributed by atoms with Gasteiger partial charge in [-0.1, -0.05) is 30.3 Å². The van der Waals surface area contributed by atoms with Crippen molar-refractivity contribution < 1.29 is 5.11 Å². The third-order valence-corrected chi connectivity index (χ3v) is 2.48. The van der Waals surface area contributed by atoms with Crippen molar-refractivity contribution in [3.8, 4) is 0 Å². The minimum atomic E-state index is -0.113. The first-order valence-electron chi connectivity index (χ1n) is 4.82. The molecular weight excluding hydrogens is 190 g/mol. The highest BCUT2D eigenvalue weighted by Crippen LogP contribution is 2.26. The Bertz CT molecular complexity index is 411. The van der Waals surface area contributed by atoms with E-state index in [4.69, 9.17) is 0 Å². The molecule has 1 N–H and O–H groups in total.